The molecule has 0 aliphatic heterocycles. The molecule has 0 amide bonds. The third kappa shape index (κ3) is 3.03. The summed E-state index contributed by atoms with van der Waals surface area (Å²) in [6, 6.07) is 4.34. The molecule has 108 valence electrons. The fraction of sp³-hybridized carbons (Fsp3) is 0.214. The zero-order valence-corrected chi connectivity index (χ0v) is 12.2. The van der Waals surface area contributed by atoms with Crippen LogP contribution in [0.2, 0.25) is 5.02 Å². The number of aromatic nitrogens is 2. The average molecular weight is 307 g/mol. The van der Waals surface area contributed by atoms with Crippen molar-refractivity contribution >= 4 is 23.1 Å². The van der Waals surface area contributed by atoms with Crippen molar-refractivity contribution in [3.63, 3.8) is 0 Å². The van der Waals surface area contributed by atoms with Crippen LogP contribution in [0.4, 0.5) is 15.9 Å². The highest BCUT2D eigenvalue weighted by molar-refractivity contribution is 6.33. The fourth-order valence-corrected chi connectivity index (χ4v) is 2.13. The van der Waals surface area contributed by atoms with Crippen LogP contribution in [-0.2, 0) is 6.42 Å². The second-order valence-corrected chi connectivity index (χ2v) is 4.52. The molecule has 0 saturated carbocycles. The molecule has 0 fully saturated rings. The first-order chi connectivity index (χ1) is 10.1. The Morgan fingerprint density at radius 2 is 2.19 bits per heavy atom. The second kappa shape index (κ2) is 6.37. The summed E-state index contributed by atoms with van der Waals surface area (Å²) in [6.07, 6.45) is 1.91. The van der Waals surface area contributed by atoms with Crippen LogP contribution in [0.5, 0.6) is 5.88 Å². The van der Waals surface area contributed by atoms with E-state index in [1.807, 2.05) is 13.0 Å². The maximum atomic E-state index is 14.0. The SMILES string of the molecule is CCc1c(Nc2c(F)cc(C#N)cc2Cl)ncnc1OC. The topological polar surface area (TPSA) is 70.8 Å². The Hall–Kier alpha value is -2.39. The summed E-state index contributed by atoms with van der Waals surface area (Å²) in [5, 5.41) is 11.7. The molecule has 0 atom stereocenters. The number of nitrogens with one attached hydrogen (secondary N) is 1. The van der Waals surface area contributed by atoms with E-state index in [1.165, 1.54) is 19.5 Å². The lowest BCUT2D eigenvalue weighted by molar-refractivity contribution is 0.392. The first-order valence-corrected chi connectivity index (χ1v) is 6.52. The van der Waals surface area contributed by atoms with Crippen molar-refractivity contribution in [1.82, 2.24) is 9.97 Å². The predicted octanol–water partition coefficient (Wildman–Crippen LogP) is 3.46. The molecule has 1 heterocycles. The van der Waals surface area contributed by atoms with Gasteiger partial charge in [0.1, 0.15) is 18.0 Å². The number of benzene rings is 1. The minimum absolute atomic E-state index is 0.0612. The normalized spacial score (nSPS) is 10.0. The van der Waals surface area contributed by atoms with E-state index in [4.69, 9.17) is 21.6 Å². The van der Waals surface area contributed by atoms with Gasteiger partial charge in [-0.1, -0.05) is 18.5 Å². The van der Waals surface area contributed by atoms with Gasteiger partial charge in [0.2, 0.25) is 5.88 Å². The standard InChI is InChI=1S/C14H12ClFN4O/c1-3-9-13(18-7-19-14(9)21-2)20-12-10(15)4-8(6-17)5-11(12)16/h4-5,7H,3H2,1-2H3,(H,18,19,20). The number of halogens is 2. The number of nitrogens with zero attached hydrogens (tertiary/aromatic N) is 3. The lowest BCUT2D eigenvalue weighted by atomic mass is 10.2. The van der Waals surface area contributed by atoms with E-state index in [-0.39, 0.29) is 16.3 Å². The van der Waals surface area contributed by atoms with Crippen molar-refractivity contribution in [2.45, 2.75) is 13.3 Å². The number of hydrogen-bond acceptors (Lipinski definition) is 5. The lowest BCUT2D eigenvalue weighted by Crippen LogP contribution is -2.04. The van der Waals surface area contributed by atoms with Crippen molar-refractivity contribution in [3.8, 4) is 11.9 Å². The van der Waals surface area contributed by atoms with Crippen molar-refractivity contribution in [2.24, 2.45) is 0 Å². The molecule has 0 aliphatic carbocycles. The fourth-order valence-electron chi connectivity index (χ4n) is 1.87. The number of rotatable bonds is 4. The monoisotopic (exact) mass is 306 g/mol. The molecule has 7 heteroatoms. The number of hydrogen-bond donors (Lipinski definition) is 1. The minimum atomic E-state index is -0.626. The van der Waals surface area contributed by atoms with E-state index in [0.717, 1.165) is 6.07 Å². The van der Waals surface area contributed by atoms with Crippen molar-refractivity contribution in [2.75, 3.05) is 12.4 Å². The van der Waals surface area contributed by atoms with Gasteiger partial charge in [0.05, 0.1) is 35.0 Å². The lowest BCUT2D eigenvalue weighted by Gasteiger charge is -2.13. The number of nitriles is 1. The smallest absolute Gasteiger partial charge is 0.221 e. The van der Waals surface area contributed by atoms with Crippen LogP contribution in [0.1, 0.15) is 18.1 Å². The molecule has 1 aromatic heterocycles. The molecule has 21 heavy (non-hydrogen) atoms. The van der Waals surface area contributed by atoms with Crippen LogP contribution in [-0.4, -0.2) is 17.1 Å². The summed E-state index contributed by atoms with van der Waals surface area (Å²) in [5.74, 6) is 0.203. The number of methoxy groups -OCH3 is 1. The van der Waals surface area contributed by atoms with E-state index < -0.39 is 5.82 Å². The molecule has 2 rings (SSSR count). The highest BCUT2D eigenvalue weighted by Gasteiger charge is 2.15. The maximum Gasteiger partial charge on any atom is 0.221 e. The average Bonchev–Trinajstić information content (AvgIpc) is 2.50. The Labute approximate surface area is 126 Å². The van der Waals surface area contributed by atoms with Crippen LogP contribution < -0.4 is 10.1 Å². The van der Waals surface area contributed by atoms with Gasteiger partial charge in [-0.05, 0) is 18.6 Å². The van der Waals surface area contributed by atoms with Gasteiger partial charge < -0.3 is 10.1 Å². The van der Waals surface area contributed by atoms with E-state index >= 15 is 0 Å². The first-order valence-electron chi connectivity index (χ1n) is 6.14. The van der Waals surface area contributed by atoms with Crippen molar-refractivity contribution < 1.29 is 9.13 Å². The van der Waals surface area contributed by atoms with Crippen molar-refractivity contribution in [3.05, 3.63) is 40.4 Å². The summed E-state index contributed by atoms with van der Waals surface area (Å²) in [5.41, 5.74) is 0.921. The van der Waals surface area contributed by atoms with Gasteiger partial charge in [0.15, 0.2) is 0 Å². The Morgan fingerprint density at radius 3 is 2.76 bits per heavy atom. The molecular formula is C14H12ClFN4O. The van der Waals surface area contributed by atoms with Crippen LogP contribution in [0.25, 0.3) is 0 Å². The molecule has 0 spiro atoms. The van der Waals surface area contributed by atoms with E-state index in [2.05, 4.69) is 15.3 Å². The Bertz CT molecular complexity index is 692. The zero-order valence-electron chi connectivity index (χ0n) is 11.4. The van der Waals surface area contributed by atoms with Gasteiger partial charge in [-0.15, -0.1) is 0 Å². The molecule has 0 unspecified atom stereocenters. The predicted molar refractivity (Wildman–Crippen MR) is 77.4 cm³/mol. The van der Waals surface area contributed by atoms with E-state index in [1.54, 1.807) is 0 Å². The summed E-state index contributed by atoms with van der Waals surface area (Å²) >= 11 is 6.00. The molecule has 1 aromatic carbocycles. The first kappa shape index (κ1) is 15.0. The van der Waals surface area contributed by atoms with Gasteiger partial charge in [-0.25, -0.2) is 14.4 Å². The molecule has 0 aliphatic rings. The van der Waals surface area contributed by atoms with Gasteiger partial charge in [-0.3, -0.25) is 0 Å². The molecular weight excluding hydrogens is 295 g/mol. The Morgan fingerprint density at radius 1 is 1.43 bits per heavy atom. The molecule has 0 bridgehead atoms. The van der Waals surface area contributed by atoms with Crippen LogP contribution >= 0.6 is 11.6 Å². The third-order valence-corrected chi connectivity index (χ3v) is 3.17. The highest BCUT2D eigenvalue weighted by atomic mass is 35.5. The minimum Gasteiger partial charge on any atom is -0.481 e. The van der Waals surface area contributed by atoms with Gasteiger partial charge in [-0.2, -0.15) is 5.26 Å². The Kier molecular flexibility index (Phi) is 4.55. The maximum absolute atomic E-state index is 14.0. The van der Waals surface area contributed by atoms with Crippen LogP contribution in [0, 0.1) is 17.1 Å². The summed E-state index contributed by atoms with van der Waals surface area (Å²) in [6.45, 7) is 1.91. The number of anilines is 2. The quantitative estimate of drug-likeness (QED) is 0.936. The molecule has 2 aromatic rings. The van der Waals surface area contributed by atoms with Crippen molar-refractivity contribution in [1.29, 1.82) is 5.26 Å². The van der Waals surface area contributed by atoms with Gasteiger partial charge >= 0.3 is 0 Å². The van der Waals surface area contributed by atoms with Gasteiger partial charge in [0, 0.05) is 0 Å². The van der Waals surface area contributed by atoms with Crippen LogP contribution in [0.15, 0.2) is 18.5 Å². The molecule has 0 saturated heterocycles. The van der Waals surface area contributed by atoms with Crippen LogP contribution in [0.3, 0.4) is 0 Å². The third-order valence-electron chi connectivity index (χ3n) is 2.87. The summed E-state index contributed by atoms with van der Waals surface area (Å²) < 4.78 is 19.2. The molecule has 0 radical (unpaired) electrons. The molecule has 1 N–H and O–H groups in total. The zero-order chi connectivity index (χ0) is 15.4. The summed E-state index contributed by atoms with van der Waals surface area (Å²) in [4.78, 5) is 8.09. The molecule has 5 nitrogen and oxygen atoms in total. The second-order valence-electron chi connectivity index (χ2n) is 4.12. The van der Waals surface area contributed by atoms with E-state index in [9.17, 15) is 4.39 Å². The van der Waals surface area contributed by atoms with Gasteiger partial charge in [0.25, 0.3) is 0 Å². The highest BCUT2D eigenvalue weighted by Crippen LogP contribution is 2.32. The van der Waals surface area contributed by atoms with E-state index in [0.29, 0.717) is 23.7 Å². The Balaban J connectivity index is 2.46. The number of ether oxygens (including phenoxy) is 1. The largest absolute Gasteiger partial charge is 0.481 e. The summed E-state index contributed by atoms with van der Waals surface area (Å²) in [7, 11) is 1.50.